The van der Waals surface area contributed by atoms with Crippen LogP contribution in [0, 0.1) is 0 Å². The van der Waals surface area contributed by atoms with Crippen molar-refractivity contribution >= 4 is 12.0 Å². The van der Waals surface area contributed by atoms with E-state index >= 15 is 0 Å². The molecule has 1 aliphatic heterocycles. The van der Waals surface area contributed by atoms with Crippen LogP contribution in [-0.2, 0) is 11.2 Å². The average Bonchev–Trinajstić information content (AvgIpc) is 2.73. The minimum atomic E-state index is 0.0745. The van der Waals surface area contributed by atoms with Crippen LogP contribution in [0.4, 0.5) is 0 Å². The highest BCUT2D eigenvalue weighted by molar-refractivity contribution is 5.92. The molecule has 0 saturated carbocycles. The molecule has 0 bridgehead atoms. The number of benzene rings is 2. The van der Waals surface area contributed by atoms with Crippen LogP contribution in [0.15, 0.2) is 54.6 Å². The van der Waals surface area contributed by atoms with Gasteiger partial charge in [-0.1, -0.05) is 36.4 Å². The average molecular weight is 365 g/mol. The SMILES string of the molecule is COc1ccc(C=CC(=O)N2CCCCC2Cc2ccccc2)cc1OC. The number of amides is 1. The van der Waals surface area contributed by atoms with E-state index in [1.807, 2.05) is 35.2 Å². The molecule has 0 radical (unpaired) electrons. The fourth-order valence-corrected chi connectivity index (χ4v) is 3.61. The van der Waals surface area contributed by atoms with E-state index in [4.69, 9.17) is 9.47 Å². The lowest BCUT2D eigenvalue weighted by Crippen LogP contribution is -2.44. The second-order valence-electron chi connectivity index (χ2n) is 6.82. The first-order valence-electron chi connectivity index (χ1n) is 9.46. The Kier molecular flexibility index (Phi) is 6.53. The molecule has 4 nitrogen and oxygen atoms in total. The van der Waals surface area contributed by atoms with Crippen molar-refractivity contribution in [2.24, 2.45) is 0 Å². The molecule has 1 aliphatic rings. The van der Waals surface area contributed by atoms with Crippen LogP contribution < -0.4 is 9.47 Å². The van der Waals surface area contributed by atoms with Crippen molar-refractivity contribution in [1.29, 1.82) is 0 Å². The van der Waals surface area contributed by atoms with E-state index in [1.165, 1.54) is 12.0 Å². The number of rotatable bonds is 6. The molecule has 1 saturated heterocycles. The number of methoxy groups -OCH3 is 2. The van der Waals surface area contributed by atoms with Crippen LogP contribution in [0.3, 0.4) is 0 Å². The summed E-state index contributed by atoms with van der Waals surface area (Å²) >= 11 is 0. The molecule has 2 aromatic rings. The maximum atomic E-state index is 12.8. The Bertz CT molecular complexity index is 785. The van der Waals surface area contributed by atoms with Gasteiger partial charge in [-0.2, -0.15) is 0 Å². The summed E-state index contributed by atoms with van der Waals surface area (Å²) in [6, 6.07) is 16.3. The van der Waals surface area contributed by atoms with Crippen molar-refractivity contribution in [3.63, 3.8) is 0 Å². The van der Waals surface area contributed by atoms with Crippen LogP contribution >= 0.6 is 0 Å². The van der Waals surface area contributed by atoms with E-state index in [9.17, 15) is 4.79 Å². The largest absolute Gasteiger partial charge is 0.493 e. The molecule has 2 aromatic carbocycles. The fraction of sp³-hybridized carbons (Fsp3) is 0.348. The first kappa shape index (κ1) is 19.0. The van der Waals surface area contributed by atoms with Crippen LogP contribution in [0.1, 0.15) is 30.4 Å². The van der Waals surface area contributed by atoms with Gasteiger partial charge in [0, 0.05) is 18.7 Å². The molecular formula is C23H27NO3. The molecule has 4 heteroatoms. The summed E-state index contributed by atoms with van der Waals surface area (Å²) in [4.78, 5) is 14.9. The molecule has 0 aromatic heterocycles. The monoisotopic (exact) mass is 365 g/mol. The molecule has 27 heavy (non-hydrogen) atoms. The number of carbonyl (C=O) groups is 1. The van der Waals surface area contributed by atoms with E-state index in [1.54, 1.807) is 20.3 Å². The van der Waals surface area contributed by atoms with Crippen molar-refractivity contribution in [2.75, 3.05) is 20.8 Å². The van der Waals surface area contributed by atoms with E-state index in [-0.39, 0.29) is 11.9 Å². The van der Waals surface area contributed by atoms with Gasteiger partial charge in [-0.25, -0.2) is 0 Å². The van der Waals surface area contributed by atoms with E-state index in [0.717, 1.165) is 31.4 Å². The Balaban J connectivity index is 1.70. The van der Waals surface area contributed by atoms with Crippen molar-refractivity contribution in [3.8, 4) is 11.5 Å². The van der Waals surface area contributed by atoms with E-state index in [2.05, 4.69) is 24.3 Å². The molecule has 0 spiro atoms. The van der Waals surface area contributed by atoms with Gasteiger partial charge in [0.1, 0.15) is 0 Å². The second kappa shape index (κ2) is 9.26. The van der Waals surface area contributed by atoms with Gasteiger partial charge in [0.15, 0.2) is 11.5 Å². The predicted molar refractivity (Wildman–Crippen MR) is 108 cm³/mol. The van der Waals surface area contributed by atoms with Gasteiger partial charge < -0.3 is 14.4 Å². The molecule has 1 amide bonds. The zero-order chi connectivity index (χ0) is 19.1. The van der Waals surface area contributed by atoms with Crippen molar-refractivity contribution in [2.45, 2.75) is 31.7 Å². The van der Waals surface area contributed by atoms with Crippen molar-refractivity contribution in [1.82, 2.24) is 4.90 Å². The minimum Gasteiger partial charge on any atom is -0.493 e. The van der Waals surface area contributed by atoms with Crippen LogP contribution in [0.2, 0.25) is 0 Å². The van der Waals surface area contributed by atoms with Gasteiger partial charge in [0.2, 0.25) is 5.91 Å². The molecule has 1 unspecified atom stereocenters. The number of likely N-dealkylation sites (tertiary alicyclic amines) is 1. The second-order valence-corrected chi connectivity index (χ2v) is 6.82. The summed E-state index contributed by atoms with van der Waals surface area (Å²) in [6.45, 7) is 0.826. The number of carbonyl (C=O) groups excluding carboxylic acids is 1. The summed E-state index contributed by atoms with van der Waals surface area (Å²) in [6.07, 6.45) is 7.74. The van der Waals surface area contributed by atoms with E-state index in [0.29, 0.717) is 11.5 Å². The lowest BCUT2D eigenvalue weighted by Gasteiger charge is -2.35. The molecule has 3 rings (SSSR count). The third kappa shape index (κ3) is 4.91. The maximum Gasteiger partial charge on any atom is 0.246 e. The Morgan fingerprint density at radius 3 is 2.59 bits per heavy atom. The zero-order valence-corrected chi connectivity index (χ0v) is 16.1. The lowest BCUT2D eigenvalue weighted by molar-refractivity contribution is -0.129. The van der Waals surface area contributed by atoms with Gasteiger partial charge in [0.05, 0.1) is 14.2 Å². The van der Waals surface area contributed by atoms with Crippen molar-refractivity contribution in [3.05, 3.63) is 65.7 Å². The van der Waals surface area contributed by atoms with Crippen molar-refractivity contribution < 1.29 is 14.3 Å². The van der Waals surface area contributed by atoms with Gasteiger partial charge in [-0.15, -0.1) is 0 Å². The number of piperidine rings is 1. The first-order chi connectivity index (χ1) is 13.2. The fourth-order valence-electron chi connectivity index (χ4n) is 3.61. The number of hydrogen-bond donors (Lipinski definition) is 0. The highest BCUT2D eigenvalue weighted by atomic mass is 16.5. The summed E-state index contributed by atoms with van der Waals surface area (Å²) in [5.74, 6) is 1.41. The minimum absolute atomic E-state index is 0.0745. The summed E-state index contributed by atoms with van der Waals surface area (Å²) < 4.78 is 10.6. The molecule has 1 atom stereocenters. The topological polar surface area (TPSA) is 38.8 Å². The first-order valence-corrected chi connectivity index (χ1v) is 9.46. The number of nitrogens with zero attached hydrogens (tertiary/aromatic N) is 1. The quantitative estimate of drug-likeness (QED) is 0.715. The molecule has 0 aliphatic carbocycles. The van der Waals surface area contributed by atoms with Crippen LogP contribution in [0.25, 0.3) is 6.08 Å². The number of hydrogen-bond acceptors (Lipinski definition) is 3. The van der Waals surface area contributed by atoms with Gasteiger partial charge in [0.25, 0.3) is 0 Å². The number of ether oxygens (including phenoxy) is 2. The predicted octanol–water partition coefficient (Wildman–Crippen LogP) is 4.34. The Morgan fingerprint density at radius 2 is 1.85 bits per heavy atom. The Hall–Kier alpha value is -2.75. The molecule has 1 heterocycles. The smallest absolute Gasteiger partial charge is 0.246 e. The van der Waals surface area contributed by atoms with Gasteiger partial charge in [-0.05, 0) is 55.0 Å². The van der Waals surface area contributed by atoms with Gasteiger partial charge in [-0.3, -0.25) is 4.79 Å². The highest BCUT2D eigenvalue weighted by Crippen LogP contribution is 2.28. The van der Waals surface area contributed by atoms with E-state index < -0.39 is 0 Å². The summed E-state index contributed by atoms with van der Waals surface area (Å²) in [5, 5.41) is 0. The molecular weight excluding hydrogens is 338 g/mol. The zero-order valence-electron chi connectivity index (χ0n) is 16.1. The standard InChI is InChI=1S/C23H27NO3/c1-26-21-13-11-19(17-22(21)27-2)12-14-23(25)24-15-7-6-10-20(24)16-18-8-4-3-5-9-18/h3-5,8-9,11-14,17,20H,6-7,10,15-16H2,1-2H3. The molecule has 1 fully saturated rings. The van der Waals surface area contributed by atoms with Gasteiger partial charge >= 0.3 is 0 Å². The molecule has 142 valence electrons. The Labute approximate surface area is 161 Å². The summed E-state index contributed by atoms with van der Waals surface area (Å²) in [7, 11) is 3.22. The normalized spacial score (nSPS) is 17.1. The van der Waals surface area contributed by atoms with Crippen LogP contribution in [0.5, 0.6) is 11.5 Å². The maximum absolute atomic E-state index is 12.8. The third-order valence-electron chi connectivity index (χ3n) is 5.05. The highest BCUT2D eigenvalue weighted by Gasteiger charge is 2.25. The summed E-state index contributed by atoms with van der Waals surface area (Å²) in [5.41, 5.74) is 2.20. The van der Waals surface area contributed by atoms with Crippen LogP contribution in [-0.4, -0.2) is 37.6 Å². The Morgan fingerprint density at radius 1 is 1.07 bits per heavy atom. The lowest BCUT2D eigenvalue weighted by atomic mass is 9.95. The molecule has 0 N–H and O–H groups in total. The third-order valence-corrected chi connectivity index (χ3v) is 5.05.